The number of hydrogen-bond donors (Lipinski definition) is 0. The molecule has 0 unspecified atom stereocenters. The van der Waals surface area contributed by atoms with Crippen molar-refractivity contribution in [3.05, 3.63) is 63.2 Å². The van der Waals surface area contributed by atoms with Gasteiger partial charge in [0.15, 0.2) is 0 Å². The molecule has 0 N–H and O–H groups in total. The van der Waals surface area contributed by atoms with E-state index in [1.807, 2.05) is 30.0 Å². The van der Waals surface area contributed by atoms with Gasteiger partial charge in [0, 0.05) is 31.3 Å². The smallest absolute Gasteiger partial charge is 0.293 e. The van der Waals surface area contributed by atoms with Crippen molar-refractivity contribution in [1.82, 2.24) is 0 Å². The Morgan fingerprint density at radius 2 is 1.93 bits per heavy atom. The maximum absolute atomic E-state index is 13.2. The second-order valence-electron chi connectivity index (χ2n) is 7.20. The second-order valence-corrected chi connectivity index (χ2v) is 7.20. The molecule has 2 aromatic carbocycles. The number of amides is 1. The van der Waals surface area contributed by atoms with Gasteiger partial charge in [-0.1, -0.05) is 18.2 Å². The zero-order chi connectivity index (χ0) is 19.7. The summed E-state index contributed by atoms with van der Waals surface area (Å²) in [6, 6.07) is 10.9. The first-order chi connectivity index (χ1) is 13.6. The van der Waals surface area contributed by atoms with Crippen LogP contribution in [0.3, 0.4) is 0 Å². The summed E-state index contributed by atoms with van der Waals surface area (Å²) < 4.78 is 5.34. The van der Waals surface area contributed by atoms with Crippen LogP contribution in [0.15, 0.2) is 36.4 Å². The number of morpholine rings is 1. The lowest BCUT2D eigenvalue weighted by atomic mass is 9.97. The minimum atomic E-state index is -0.406. The molecule has 0 atom stereocenters. The molecule has 28 heavy (non-hydrogen) atoms. The fourth-order valence-corrected chi connectivity index (χ4v) is 4.08. The molecule has 1 amide bonds. The number of anilines is 2. The molecule has 0 bridgehead atoms. The number of aryl methyl sites for hydroxylation is 2. The van der Waals surface area contributed by atoms with E-state index >= 15 is 0 Å². The highest BCUT2D eigenvalue weighted by Gasteiger charge is 2.28. The third kappa shape index (κ3) is 3.33. The average molecular weight is 381 g/mol. The van der Waals surface area contributed by atoms with Gasteiger partial charge in [-0.2, -0.15) is 0 Å². The van der Waals surface area contributed by atoms with Crippen molar-refractivity contribution in [1.29, 1.82) is 0 Å². The Hall–Kier alpha value is -2.93. The molecule has 0 aliphatic carbocycles. The third-order valence-electron chi connectivity index (χ3n) is 5.44. The molecule has 4 rings (SSSR count). The van der Waals surface area contributed by atoms with Gasteiger partial charge in [-0.3, -0.25) is 14.9 Å². The standard InChI is InChI=1S/C21H23N3O4/c1-15-4-2-5-16-6-3-9-23(20(15)16)21(25)17-7-8-18(19(14-17)24(26)27)22-10-12-28-13-11-22/h2,4-5,7-8,14H,3,6,9-13H2,1H3. The van der Waals surface area contributed by atoms with E-state index in [0.717, 1.165) is 29.7 Å². The van der Waals surface area contributed by atoms with E-state index in [9.17, 15) is 14.9 Å². The summed E-state index contributed by atoms with van der Waals surface area (Å²) in [7, 11) is 0. The van der Waals surface area contributed by atoms with Gasteiger partial charge in [-0.15, -0.1) is 0 Å². The fraction of sp³-hybridized carbons (Fsp3) is 0.381. The van der Waals surface area contributed by atoms with Crippen molar-refractivity contribution in [2.24, 2.45) is 0 Å². The van der Waals surface area contributed by atoms with Crippen LogP contribution < -0.4 is 9.80 Å². The molecular formula is C21H23N3O4. The molecule has 146 valence electrons. The highest BCUT2D eigenvalue weighted by atomic mass is 16.6. The van der Waals surface area contributed by atoms with Gasteiger partial charge in [-0.05, 0) is 43.0 Å². The summed E-state index contributed by atoms with van der Waals surface area (Å²) in [5, 5.41) is 11.7. The van der Waals surface area contributed by atoms with Crippen molar-refractivity contribution < 1.29 is 14.5 Å². The lowest BCUT2D eigenvalue weighted by molar-refractivity contribution is -0.384. The predicted molar refractivity (Wildman–Crippen MR) is 107 cm³/mol. The van der Waals surface area contributed by atoms with Crippen LogP contribution in [-0.4, -0.2) is 43.7 Å². The largest absolute Gasteiger partial charge is 0.378 e. The van der Waals surface area contributed by atoms with Crippen molar-refractivity contribution in [3.63, 3.8) is 0 Å². The van der Waals surface area contributed by atoms with Crippen LogP contribution in [0, 0.1) is 17.0 Å². The Morgan fingerprint density at radius 1 is 1.14 bits per heavy atom. The van der Waals surface area contributed by atoms with Gasteiger partial charge in [0.05, 0.1) is 23.8 Å². The van der Waals surface area contributed by atoms with Crippen LogP contribution in [0.5, 0.6) is 0 Å². The summed E-state index contributed by atoms with van der Waals surface area (Å²) in [4.78, 5) is 28.2. The van der Waals surface area contributed by atoms with Crippen LogP contribution in [0.1, 0.15) is 27.9 Å². The first-order valence-electron chi connectivity index (χ1n) is 9.58. The lowest BCUT2D eigenvalue weighted by Crippen LogP contribution is -2.37. The van der Waals surface area contributed by atoms with E-state index in [-0.39, 0.29) is 11.6 Å². The number of para-hydroxylation sites is 1. The molecule has 0 radical (unpaired) electrons. The first-order valence-corrected chi connectivity index (χ1v) is 9.58. The number of hydrogen-bond acceptors (Lipinski definition) is 5. The number of nitro groups is 1. The van der Waals surface area contributed by atoms with Gasteiger partial charge < -0.3 is 14.5 Å². The van der Waals surface area contributed by atoms with Gasteiger partial charge in [0.2, 0.25) is 0 Å². The Morgan fingerprint density at radius 3 is 2.68 bits per heavy atom. The first kappa shape index (κ1) is 18.4. The summed E-state index contributed by atoms with van der Waals surface area (Å²) in [6.07, 6.45) is 1.83. The third-order valence-corrected chi connectivity index (χ3v) is 5.44. The Kier molecular flexibility index (Phi) is 5.00. The number of carbonyl (C=O) groups excluding carboxylic acids is 1. The molecule has 2 aromatic rings. The zero-order valence-corrected chi connectivity index (χ0v) is 15.9. The van der Waals surface area contributed by atoms with Crippen molar-refractivity contribution in [2.45, 2.75) is 19.8 Å². The van der Waals surface area contributed by atoms with Crippen molar-refractivity contribution >= 4 is 23.0 Å². The number of ether oxygens (including phenoxy) is 1. The van der Waals surface area contributed by atoms with Crippen LogP contribution in [0.4, 0.5) is 17.1 Å². The van der Waals surface area contributed by atoms with Gasteiger partial charge in [-0.25, -0.2) is 0 Å². The number of rotatable bonds is 3. The minimum absolute atomic E-state index is 0.0326. The van der Waals surface area contributed by atoms with E-state index in [0.29, 0.717) is 44.1 Å². The molecule has 1 saturated heterocycles. The lowest BCUT2D eigenvalue weighted by Gasteiger charge is -2.31. The van der Waals surface area contributed by atoms with Crippen LogP contribution in [0.2, 0.25) is 0 Å². The number of fused-ring (bicyclic) bond motifs is 1. The second kappa shape index (κ2) is 7.59. The molecule has 7 nitrogen and oxygen atoms in total. The number of carbonyl (C=O) groups is 1. The molecule has 0 aromatic heterocycles. The Labute approximate surface area is 163 Å². The summed E-state index contributed by atoms with van der Waals surface area (Å²) >= 11 is 0. The quantitative estimate of drug-likeness (QED) is 0.602. The maximum Gasteiger partial charge on any atom is 0.293 e. The Bertz CT molecular complexity index is 922. The zero-order valence-electron chi connectivity index (χ0n) is 15.9. The number of nitro benzene ring substituents is 1. The number of benzene rings is 2. The monoisotopic (exact) mass is 381 g/mol. The molecule has 2 aliphatic heterocycles. The van der Waals surface area contributed by atoms with E-state index in [4.69, 9.17) is 4.74 Å². The van der Waals surface area contributed by atoms with E-state index in [2.05, 4.69) is 0 Å². The minimum Gasteiger partial charge on any atom is -0.378 e. The van der Waals surface area contributed by atoms with E-state index in [1.165, 1.54) is 6.07 Å². The highest BCUT2D eigenvalue weighted by Crippen LogP contribution is 2.34. The fourth-order valence-electron chi connectivity index (χ4n) is 4.08. The van der Waals surface area contributed by atoms with Crippen molar-refractivity contribution in [3.8, 4) is 0 Å². The molecule has 0 spiro atoms. The summed E-state index contributed by atoms with van der Waals surface area (Å²) in [5.41, 5.74) is 4.00. The Balaban J connectivity index is 1.69. The van der Waals surface area contributed by atoms with Crippen LogP contribution >= 0.6 is 0 Å². The molecule has 1 fully saturated rings. The van der Waals surface area contributed by atoms with Gasteiger partial charge >= 0.3 is 0 Å². The molecule has 2 aliphatic rings. The van der Waals surface area contributed by atoms with Crippen molar-refractivity contribution in [2.75, 3.05) is 42.6 Å². The molecule has 7 heteroatoms. The molecular weight excluding hydrogens is 358 g/mol. The predicted octanol–water partition coefficient (Wildman–Crippen LogP) is 3.33. The SMILES string of the molecule is Cc1cccc2c1N(C(=O)c1ccc(N3CCOCC3)c([N+](=O)[O-])c1)CCC2. The van der Waals surface area contributed by atoms with Crippen LogP contribution in [-0.2, 0) is 11.2 Å². The van der Waals surface area contributed by atoms with E-state index < -0.39 is 4.92 Å². The summed E-state index contributed by atoms with van der Waals surface area (Å²) in [5.74, 6) is -0.188. The van der Waals surface area contributed by atoms with Gasteiger partial charge in [0.25, 0.3) is 11.6 Å². The highest BCUT2D eigenvalue weighted by molar-refractivity contribution is 6.08. The van der Waals surface area contributed by atoms with E-state index in [1.54, 1.807) is 17.0 Å². The summed E-state index contributed by atoms with van der Waals surface area (Å²) in [6.45, 7) is 4.91. The van der Waals surface area contributed by atoms with Crippen LogP contribution in [0.25, 0.3) is 0 Å². The normalized spacial score (nSPS) is 16.6. The molecule has 2 heterocycles. The number of nitrogens with zero attached hydrogens (tertiary/aromatic N) is 3. The van der Waals surface area contributed by atoms with Gasteiger partial charge in [0.1, 0.15) is 5.69 Å². The topological polar surface area (TPSA) is 75.9 Å². The molecule has 0 saturated carbocycles. The average Bonchev–Trinajstić information content (AvgIpc) is 2.73. The maximum atomic E-state index is 13.2.